The number of anilines is 1. The molecule has 1 fully saturated rings. The number of carbonyl (C=O) groups excluding carboxylic acids is 1. The van der Waals surface area contributed by atoms with E-state index in [9.17, 15) is 17.6 Å². The Labute approximate surface area is 180 Å². The van der Waals surface area contributed by atoms with Crippen LogP contribution in [-0.2, 0) is 14.8 Å². The first-order chi connectivity index (χ1) is 14.3. The van der Waals surface area contributed by atoms with E-state index < -0.39 is 21.7 Å². The molecule has 0 aliphatic carbocycles. The second-order valence-electron chi connectivity index (χ2n) is 6.75. The average molecular weight is 456 g/mol. The highest BCUT2D eigenvalue weighted by molar-refractivity contribution is 7.89. The summed E-state index contributed by atoms with van der Waals surface area (Å²) in [5, 5.41) is 3.17. The predicted octanol–water partition coefficient (Wildman–Crippen LogP) is 2.13. The molecule has 0 bridgehead atoms. The minimum absolute atomic E-state index is 0.0152. The number of para-hydroxylation sites is 1. The fourth-order valence-electron chi connectivity index (χ4n) is 3.09. The Morgan fingerprint density at radius 3 is 2.40 bits per heavy atom. The van der Waals surface area contributed by atoms with Gasteiger partial charge in [0.25, 0.3) is 5.91 Å². The fourth-order valence-corrected chi connectivity index (χ4v) is 4.69. The largest absolute Gasteiger partial charge is 0.484 e. The number of ether oxygens (including phenoxy) is 1. The molecule has 0 aromatic heterocycles. The van der Waals surface area contributed by atoms with Crippen molar-refractivity contribution in [3.8, 4) is 5.75 Å². The Balaban J connectivity index is 1.40. The molecule has 1 aliphatic rings. The van der Waals surface area contributed by atoms with Crippen LogP contribution in [0.5, 0.6) is 5.75 Å². The molecule has 7 nitrogen and oxygen atoms in total. The van der Waals surface area contributed by atoms with Crippen molar-refractivity contribution in [1.29, 1.82) is 0 Å². The molecule has 1 saturated heterocycles. The van der Waals surface area contributed by atoms with Crippen molar-refractivity contribution in [1.82, 2.24) is 9.62 Å². The van der Waals surface area contributed by atoms with Crippen LogP contribution in [0, 0.1) is 5.82 Å². The molecule has 0 radical (unpaired) electrons. The zero-order valence-corrected chi connectivity index (χ0v) is 17.8. The summed E-state index contributed by atoms with van der Waals surface area (Å²) in [7, 11) is -3.49. The number of amides is 1. The average Bonchev–Trinajstić information content (AvgIpc) is 2.74. The molecule has 2 aromatic rings. The van der Waals surface area contributed by atoms with Gasteiger partial charge in [-0.3, -0.25) is 4.79 Å². The van der Waals surface area contributed by atoms with Crippen LogP contribution in [-0.4, -0.2) is 63.7 Å². The minimum atomic E-state index is -3.49. The molecule has 0 saturated carbocycles. The van der Waals surface area contributed by atoms with Gasteiger partial charge in [-0.25, -0.2) is 12.8 Å². The van der Waals surface area contributed by atoms with E-state index in [0.29, 0.717) is 37.0 Å². The first kappa shape index (κ1) is 22.3. The molecule has 1 amide bonds. The monoisotopic (exact) mass is 455 g/mol. The van der Waals surface area contributed by atoms with Crippen molar-refractivity contribution in [2.75, 3.05) is 50.0 Å². The summed E-state index contributed by atoms with van der Waals surface area (Å²) in [5.74, 6) is -0.681. The van der Waals surface area contributed by atoms with Crippen molar-refractivity contribution >= 4 is 33.2 Å². The van der Waals surface area contributed by atoms with Crippen LogP contribution in [0.4, 0.5) is 10.1 Å². The van der Waals surface area contributed by atoms with Crippen LogP contribution < -0.4 is 15.0 Å². The molecule has 1 N–H and O–H groups in total. The summed E-state index contributed by atoms with van der Waals surface area (Å²) in [5.41, 5.74) is 0.893. The molecule has 162 valence electrons. The standard InChI is InChI=1S/C20H23ClFN3O4S/c21-18-3-1-2-4-19(18)24-10-12-25(13-11-24)30(27,28)14-9-23-20(26)15-29-17-7-5-16(22)6-8-17/h1-8H,9-15H2,(H,23,26). The zero-order valence-electron chi connectivity index (χ0n) is 16.3. The maximum Gasteiger partial charge on any atom is 0.257 e. The Morgan fingerprint density at radius 2 is 1.73 bits per heavy atom. The lowest BCUT2D eigenvalue weighted by Crippen LogP contribution is -2.50. The maximum absolute atomic E-state index is 12.8. The van der Waals surface area contributed by atoms with Gasteiger partial charge in [0.05, 0.1) is 16.5 Å². The number of hydrogen-bond donors (Lipinski definition) is 1. The number of piperazine rings is 1. The van der Waals surface area contributed by atoms with Gasteiger partial charge in [-0.1, -0.05) is 23.7 Å². The van der Waals surface area contributed by atoms with Gasteiger partial charge in [0.2, 0.25) is 10.0 Å². The number of rotatable bonds is 8. The van der Waals surface area contributed by atoms with Gasteiger partial charge in [0.15, 0.2) is 6.61 Å². The fraction of sp³-hybridized carbons (Fsp3) is 0.350. The third kappa shape index (κ3) is 6.07. The van der Waals surface area contributed by atoms with Crippen LogP contribution in [0.15, 0.2) is 48.5 Å². The van der Waals surface area contributed by atoms with Crippen molar-refractivity contribution in [3.05, 3.63) is 59.4 Å². The van der Waals surface area contributed by atoms with Crippen molar-refractivity contribution < 1.29 is 22.3 Å². The van der Waals surface area contributed by atoms with E-state index in [2.05, 4.69) is 10.2 Å². The number of nitrogens with zero attached hydrogens (tertiary/aromatic N) is 2. The Morgan fingerprint density at radius 1 is 1.07 bits per heavy atom. The molecular weight excluding hydrogens is 433 g/mol. The quantitative estimate of drug-likeness (QED) is 0.659. The number of sulfonamides is 1. The van der Waals surface area contributed by atoms with Gasteiger partial charge < -0.3 is 15.0 Å². The van der Waals surface area contributed by atoms with E-state index in [4.69, 9.17) is 16.3 Å². The highest BCUT2D eigenvalue weighted by Gasteiger charge is 2.27. The Kier molecular flexibility index (Phi) is 7.52. The summed E-state index contributed by atoms with van der Waals surface area (Å²) < 4.78 is 44.6. The van der Waals surface area contributed by atoms with Crippen LogP contribution in [0.25, 0.3) is 0 Å². The number of carbonyl (C=O) groups is 1. The number of halogens is 2. The second kappa shape index (κ2) is 10.1. The molecule has 30 heavy (non-hydrogen) atoms. The Bertz CT molecular complexity index is 964. The molecule has 1 aliphatic heterocycles. The van der Waals surface area contributed by atoms with Gasteiger partial charge in [0.1, 0.15) is 11.6 Å². The SMILES string of the molecule is O=C(COc1ccc(F)cc1)NCCS(=O)(=O)N1CCN(c2ccccc2Cl)CC1. The summed E-state index contributed by atoms with van der Waals surface area (Å²) in [4.78, 5) is 13.9. The normalized spacial score (nSPS) is 15.1. The van der Waals surface area contributed by atoms with E-state index in [1.807, 2.05) is 24.3 Å². The van der Waals surface area contributed by atoms with E-state index in [1.54, 1.807) is 0 Å². The van der Waals surface area contributed by atoms with Crippen molar-refractivity contribution in [2.45, 2.75) is 0 Å². The summed E-state index contributed by atoms with van der Waals surface area (Å²) in [6.07, 6.45) is 0. The summed E-state index contributed by atoms with van der Waals surface area (Å²) in [6.45, 7) is 1.51. The van der Waals surface area contributed by atoms with E-state index >= 15 is 0 Å². The molecule has 0 atom stereocenters. The molecule has 3 rings (SSSR count). The number of benzene rings is 2. The van der Waals surface area contributed by atoms with E-state index in [-0.39, 0.29) is 18.9 Å². The first-order valence-corrected chi connectivity index (χ1v) is 11.5. The molecule has 10 heteroatoms. The van der Waals surface area contributed by atoms with Gasteiger partial charge >= 0.3 is 0 Å². The van der Waals surface area contributed by atoms with Crippen molar-refractivity contribution in [3.63, 3.8) is 0 Å². The smallest absolute Gasteiger partial charge is 0.257 e. The van der Waals surface area contributed by atoms with Crippen LogP contribution >= 0.6 is 11.6 Å². The first-order valence-electron chi connectivity index (χ1n) is 9.47. The lowest BCUT2D eigenvalue weighted by molar-refractivity contribution is -0.122. The van der Waals surface area contributed by atoms with Gasteiger partial charge in [-0.15, -0.1) is 0 Å². The summed E-state index contributed by atoms with van der Waals surface area (Å²) >= 11 is 6.21. The maximum atomic E-state index is 12.8. The zero-order chi connectivity index (χ0) is 21.6. The number of nitrogens with one attached hydrogen (secondary N) is 1. The van der Waals surface area contributed by atoms with Gasteiger partial charge in [-0.2, -0.15) is 4.31 Å². The highest BCUT2D eigenvalue weighted by Crippen LogP contribution is 2.26. The van der Waals surface area contributed by atoms with Crippen LogP contribution in [0.2, 0.25) is 5.02 Å². The minimum Gasteiger partial charge on any atom is -0.484 e. The summed E-state index contributed by atoms with van der Waals surface area (Å²) in [6, 6.07) is 12.7. The third-order valence-corrected chi connectivity index (χ3v) is 6.88. The van der Waals surface area contributed by atoms with Crippen molar-refractivity contribution in [2.24, 2.45) is 0 Å². The lowest BCUT2D eigenvalue weighted by Gasteiger charge is -2.35. The predicted molar refractivity (Wildman–Crippen MR) is 114 cm³/mol. The van der Waals surface area contributed by atoms with E-state index in [0.717, 1.165) is 5.69 Å². The molecule has 1 heterocycles. The number of hydrogen-bond acceptors (Lipinski definition) is 5. The van der Waals surface area contributed by atoms with E-state index in [1.165, 1.54) is 28.6 Å². The van der Waals surface area contributed by atoms with Crippen LogP contribution in [0.3, 0.4) is 0 Å². The second-order valence-corrected chi connectivity index (χ2v) is 9.24. The topological polar surface area (TPSA) is 78.9 Å². The highest BCUT2D eigenvalue weighted by atomic mass is 35.5. The Hall–Kier alpha value is -2.36. The molecule has 2 aromatic carbocycles. The molecule has 0 unspecified atom stereocenters. The molecule has 0 spiro atoms. The third-order valence-electron chi connectivity index (χ3n) is 4.69. The van der Waals surface area contributed by atoms with Gasteiger partial charge in [-0.05, 0) is 36.4 Å². The molecular formula is C20H23ClFN3O4S. The lowest BCUT2D eigenvalue weighted by atomic mass is 10.2. The van der Waals surface area contributed by atoms with Gasteiger partial charge in [0, 0.05) is 32.7 Å². The van der Waals surface area contributed by atoms with Crippen LogP contribution in [0.1, 0.15) is 0 Å².